The first kappa shape index (κ1) is 22.2. The van der Waals surface area contributed by atoms with Crippen LogP contribution < -0.4 is 29.6 Å². The number of hydrogen-bond acceptors (Lipinski definition) is 4. The topological polar surface area (TPSA) is 77.4 Å². The number of hydrogen-bond donors (Lipinski definition) is 1. The van der Waals surface area contributed by atoms with Gasteiger partial charge in [-0.2, -0.15) is 0 Å². The summed E-state index contributed by atoms with van der Waals surface area (Å²) in [6.07, 6.45) is 9.17. The van der Waals surface area contributed by atoms with Crippen molar-refractivity contribution in [2.45, 2.75) is 77.2 Å². The van der Waals surface area contributed by atoms with Crippen LogP contribution in [-0.4, -0.2) is 29.9 Å². The molecular weight excluding hydrogens is 275 g/mol. The summed E-state index contributed by atoms with van der Waals surface area (Å²) in [4.78, 5) is 0. The van der Waals surface area contributed by atoms with Crippen molar-refractivity contribution < 1.29 is 47.6 Å². The van der Waals surface area contributed by atoms with Gasteiger partial charge in [-0.15, -0.1) is 0 Å². The molecule has 0 spiro atoms. The van der Waals surface area contributed by atoms with E-state index < -0.39 is 10.1 Å². The summed E-state index contributed by atoms with van der Waals surface area (Å²) in [5.41, 5.74) is 0. The minimum Gasteiger partial charge on any atom is -0.748 e. The molecule has 0 saturated carbocycles. The third-order valence-electron chi connectivity index (χ3n) is 3.07. The molecule has 1 atom stereocenters. The summed E-state index contributed by atoms with van der Waals surface area (Å²) in [6.45, 7) is 2.18. The Morgan fingerprint density at radius 2 is 1.42 bits per heavy atom. The monoisotopic (exact) mass is 302 g/mol. The summed E-state index contributed by atoms with van der Waals surface area (Å²) in [7, 11) is -4.06. The van der Waals surface area contributed by atoms with Crippen LogP contribution in [0.1, 0.15) is 71.1 Å². The maximum absolute atomic E-state index is 10.4. The van der Waals surface area contributed by atoms with Crippen LogP contribution in [0.3, 0.4) is 0 Å². The van der Waals surface area contributed by atoms with Gasteiger partial charge in [0.25, 0.3) is 0 Å². The Balaban J connectivity index is 0. The Labute approximate surface area is 140 Å². The minimum absolute atomic E-state index is 0. The van der Waals surface area contributed by atoms with Crippen molar-refractivity contribution in [2.24, 2.45) is 0 Å². The molecule has 19 heavy (non-hydrogen) atoms. The standard InChI is InChI=1S/C13H28O4S.Na/c1-2-3-4-5-7-10-13(14)11-8-6-9-12-18(15,16)17;/h13-14H,2-12H2,1H3,(H,15,16,17);/q;+1/p-1. The fourth-order valence-corrected chi connectivity index (χ4v) is 2.52. The van der Waals surface area contributed by atoms with Crippen molar-refractivity contribution in [3.8, 4) is 0 Å². The Morgan fingerprint density at radius 3 is 1.89 bits per heavy atom. The first-order valence-electron chi connectivity index (χ1n) is 7.07. The fraction of sp³-hybridized carbons (Fsp3) is 1.00. The molecule has 0 amide bonds. The molecule has 1 unspecified atom stereocenters. The average Bonchev–Trinajstić information content (AvgIpc) is 2.27. The molecule has 0 aromatic carbocycles. The smallest absolute Gasteiger partial charge is 0.748 e. The molecule has 0 bridgehead atoms. The van der Waals surface area contributed by atoms with Crippen molar-refractivity contribution in [1.29, 1.82) is 0 Å². The van der Waals surface area contributed by atoms with E-state index in [1.165, 1.54) is 25.7 Å². The third-order valence-corrected chi connectivity index (χ3v) is 3.86. The van der Waals surface area contributed by atoms with E-state index in [0.717, 1.165) is 19.3 Å². The normalized spacial score (nSPS) is 13.0. The Morgan fingerprint density at radius 1 is 0.947 bits per heavy atom. The van der Waals surface area contributed by atoms with Crippen molar-refractivity contribution in [2.75, 3.05) is 5.75 Å². The van der Waals surface area contributed by atoms with E-state index in [2.05, 4.69) is 6.92 Å². The van der Waals surface area contributed by atoms with Gasteiger partial charge in [-0.25, -0.2) is 8.42 Å². The zero-order valence-electron chi connectivity index (χ0n) is 12.4. The quantitative estimate of drug-likeness (QED) is 0.308. The Hall–Kier alpha value is 0.870. The van der Waals surface area contributed by atoms with Crippen molar-refractivity contribution in [1.82, 2.24) is 0 Å². The van der Waals surface area contributed by atoms with Gasteiger partial charge in [0.1, 0.15) is 0 Å². The van der Waals surface area contributed by atoms with E-state index in [1.54, 1.807) is 0 Å². The first-order chi connectivity index (χ1) is 8.45. The average molecular weight is 302 g/mol. The molecule has 4 nitrogen and oxygen atoms in total. The van der Waals surface area contributed by atoms with Gasteiger partial charge >= 0.3 is 29.6 Å². The van der Waals surface area contributed by atoms with Gasteiger partial charge in [0.15, 0.2) is 0 Å². The van der Waals surface area contributed by atoms with E-state index in [-0.39, 0.29) is 41.4 Å². The van der Waals surface area contributed by atoms with Gasteiger partial charge in [0, 0.05) is 5.75 Å². The van der Waals surface area contributed by atoms with Crippen molar-refractivity contribution >= 4 is 10.1 Å². The molecule has 110 valence electrons. The first-order valence-corrected chi connectivity index (χ1v) is 8.65. The van der Waals surface area contributed by atoms with Crippen LogP contribution in [0.2, 0.25) is 0 Å². The predicted octanol–water partition coefficient (Wildman–Crippen LogP) is -0.183. The predicted molar refractivity (Wildman–Crippen MR) is 72.4 cm³/mol. The second kappa shape index (κ2) is 13.8. The maximum Gasteiger partial charge on any atom is 1.00 e. The summed E-state index contributed by atoms with van der Waals surface area (Å²) >= 11 is 0. The maximum atomic E-state index is 10.4. The van der Waals surface area contributed by atoms with E-state index >= 15 is 0 Å². The van der Waals surface area contributed by atoms with Gasteiger partial charge in [-0.05, 0) is 19.3 Å². The molecule has 0 aliphatic rings. The number of aliphatic hydroxyl groups is 1. The van der Waals surface area contributed by atoms with E-state index in [4.69, 9.17) is 0 Å². The number of aliphatic hydroxyl groups excluding tert-OH is 1. The van der Waals surface area contributed by atoms with E-state index in [9.17, 15) is 18.1 Å². The largest absolute Gasteiger partial charge is 1.00 e. The van der Waals surface area contributed by atoms with Crippen LogP contribution in [0.25, 0.3) is 0 Å². The molecule has 0 aliphatic carbocycles. The second-order valence-electron chi connectivity index (χ2n) is 4.97. The van der Waals surface area contributed by atoms with E-state index in [0.29, 0.717) is 19.3 Å². The summed E-state index contributed by atoms with van der Waals surface area (Å²) in [6, 6.07) is 0. The number of unbranched alkanes of at least 4 members (excludes halogenated alkanes) is 6. The van der Waals surface area contributed by atoms with Crippen LogP contribution in [0.15, 0.2) is 0 Å². The zero-order chi connectivity index (χ0) is 13.9. The van der Waals surface area contributed by atoms with Crippen LogP contribution >= 0.6 is 0 Å². The zero-order valence-corrected chi connectivity index (χ0v) is 15.3. The summed E-state index contributed by atoms with van der Waals surface area (Å²) < 4.78 is 31.1. The van der Waals surface area contributed by atoms with Crippen molar-refractivity contribution in [3.05, 3.63) is 0 Å². The van der Waals surface area contributed by atoms with Crippen molar-refractivity contribution in [3.63, 3.8) is 0 Å². The van der Waals surface area contributed by atoms with Crippen LogP contribution in [-0.2, 0) is 10.1 Å². The minimum atomic E-state index is -4.06. The molecule has 0 fully saturated rings. The molecule has 0 heterocycles. The van der Waals surface area contributed by atoms with Crippen LogP contribution in [0.5, 0.6) is 0 Å². The Bertz CT molecular complexity index is 280. The summed E-state index contributed by atoms with van der Waals surface area (Å²) in [5, 5.41) is 9.68. The fourth-order valence-electron chi connectivity index (χ4n) is 1.96. The van der Waals surface area contributed by atoms with Gasteiger partial charge in [-0.1, -0.05) is 51.9 Å². The SMILES string of the molecule is CCCCCCCC(O)CCCCCS(=O)(=O)[O-].[Na+]. The molecule has 0 aromatic heterocycles. The molecule has 0 rings (SSSR count). The molecule has 6 heteroatoms. The van der Waals surface area contributed by atoms with Gasteiger partial charge in [0.2, 0.25) is 0 Å². The van der Waals surface area contributed by atoms with E-state index in [1.807, 2.05) is 0 Å². The molecule has 0 radical (unpaired) electrons. The Kier molecular flexibility index (Phi) is 16.1. The molecule has 0 aromatic rings. The molecule has 1 N–H and O–H groups in total. The molecule has 0 aliphatic heterocycles. The molecular formula is C13H27NaO4S. The van der Waals surface area contributed by atoms with Crippen LogP contribution in [0, 0.1) is 0 Å². The van der Waals surface area contributed by atoms with Crippen LogP contribution in [0.4, 0.5) is 0 Å². The van der Waals surface area contributed by atoms with Gasteiger partial charge in [0.05, 0.1) is 16.2 Å². The number of rotatable bonds is 12. The second-order valence-corrected chi connectivity index (χ2v) is 6.49. The van der Waals surface area contributed by atoms with Gasteiger partial charge in [-0.3, -0.25) is 0 Å². The summed E-state index contributed by atoms with van der Waals surface area (Å²) in [5.74, 6) is -0.278. The third kappa shape index (κ3) is 18.9. The van der Waals surface area contributed by atoms with Gasteiger partial charge < -0.3 is 9.66 Å². The molecule has 0 saturated heterocycles.